The van der Waals surface area contributed by atoms with Crippen molar-refractivity contribution in [2.75, 3.05) is 26.7 Å². The number of carbonyl (C=O) groups is 2. The van der Waals surface area contributed by atoms with E-state index in [1.54, 1.807) is 25.8 Å². The van der Waals surface area contributed by atoms with Crippen molar-refractivity contribution in [1.82, 2.24) is 10.2 Å². The zero-order valence-electron chi connectivity index (χ0n) is 9.32. The number of aliphatic hydroxyl groups is 1. The third-order valence-electron chi connectivity index (χ3n) is 1.51. The molecule has 0 heterocycles. The van der Waals surface area contributed by atoms with Crippen molar-refractivity contribution in [2.24, 2.45) is 0 Å². The number of amides is 2. The fourth-order valence-electron chi connectivity index (χ4n) is 1.08. The standard InChI is InChI=1S/C9H18N2O4/c1-4-15-9(14)10-8(13)6-11(3)5-7(2)12/h7,12H,4-6H2,1-3H3,(H,10,13,14). The van der Waals surface area contributed by atoms with Crippen molar-refractivity contribution in [1.29, 1.82) is 0 Å². The highest BCUT2D eigenvalue weighted by Crippen LogP contribution is 1.87. The second-order valence-electron chi connectivity index (χ2n) is 3.31. The van der Waals surface area contributed by atoms with E-state index in [9.17, 15) is 9.59 Å². The highest BCUT2D eigenvalue weighted by molar-refractivity contribution is 5.92. The molecule has 6 nitrogen and oxygen atoms in total. The lowest BCUT2D eigenvalue weighted by Crippen LogP contribution is -2.40. The summed E-state index contributed by atoms with van der Waals surface area (Å²) in [6.45, 7) is 3.92. The van der Waals surface area contributed by atoms with E-state index in [-0.39, 0.29) is 13.2 Å². The first-order valence-electron chi connectivity index (χ1n) is 4.79. The van der Waals surface area contributed by atoms with Crippen molar-refractivity contribution in [3.05, 3.63) is 0 Å². The van der Waals surface area contributed by atoms with Crippen LogP contribution in [0.15, 0.2) is 0 Å². The Balaban J connectivity index is 3.78. The molecule has 0 aromatic rings. The first kappa shape index (κ1) is 13.9. The van der Waals surface area contributed by atoms with Crippen molar-refractivity contribution in [2.45, 2.75) is 20.0 Å². The summed E-state index contributed by atoms with van der Waals surface area (Å²) < 4.78 is 4.54. The Morgan fingerprint density at radius 3 is 2.60 bits per heavy atom. The quantitative estimate of drug-likeness (QED) is 0.654. The number of likely N-dealkylation sites (N-methyl/N-ethyl adjacent to an activating group) is 1. The molecule has 0 bridgehead atoms. The van der Waals surface area contributed by atoms with E-state index in [0.717, 1.165) is 0 Å². The van der Waals surface area contributed by atoms with Gasteiger partial charge in [0.1, 0.15) is 0 Å². The van der Waals surface area contributed by atoms with Crippen molar-refractivity contribution >= 4 is 12.0 Å². The van der Waals surface area contributed by atoms with Crippen LogP contribution in [0.2, 0.25) is 0 Å². The largest absolute Gasteiger partial charge is 0.450 e. The Morgan fingerprint density at radius 1 is 1.53 bits per heavy atom. The molecular formula is C9H18N2O4. The van der Waals surface area contributed by atoms with Crippen LogP contribution < -0.4 is 5.32 Å². The molecule has 0 aliphatic carbocycles. The average molecular weight is 218 g/mol. The molecular weight excluding hydrogens is 200 g/mol. The van der Waals surface area contributed by atoms with Gasteiger partial charge in [-0.1, -0.05) is 0 Å². The van der Waals surface area contributed by atoms with Gasteiger partial charge in [-0.05, 0) is 20.9 Å². The Bertz CT molecular complexity index is 218. The molecule has 0 saturated carbocycles. The molecule has 1 atom stereocenters. The molecule has 0 aromatic heterocycles. The second kappa shape index (κ2) is 7.19. The summed E-state index contributed by atoms with van der Waals surface area (Å²) in [6, 6.07) is 0. The van der Waals surface area contributed by atoms with E-state index in [0.29, 0.717) is 6.54 Å². The SMILES string of the molecule is CCOC(=O)NC(=O)CN(C)CC(C)O. The lowest BCUT2D eigenvalue weighted by atomic mass is 10.3. The van der Waals surface area contributed by atoms with Crippen molar-refractivity contribution in [3.63, 3.8) is 0 Å². The predicted molar refractivity (Wildman–Crippen MR) is 54.3 cm³/mol. The summed E-state index contributed by atoms with van der Waals surface area (Å²) in [7, 11) is 1.68. The minimum atomic E-state index is -0.743. The van der Waals surface area contributed by atoms with Crippen LogP contribution in [0.5, 0.6) is 0 Å². The van der Waals surface area contributed by atoms with Gasteiger partial charge in [0.25, 0.3) is 0 Å². The van der Waals surface area contributed by atoms with Crippen LogP contribution in [0.4, 0.5) is 4.79 Å². The van der Waals surface area contributed by atoms with Crippen LogP contribution in [-0.2, 0) is 9.53 Å². The molecule has 2 amide bonds. The van der Waals surface area contributed by atoms with E-state index >= 15 is 0 Å². The highest BCUT2D eigenvalue weighted by atomic mass is 16.5. The van der Waals surface area contributed by atoms with E-state index in [4.69, 9.17) is 5.11 Å². The van der Waals surface area contributed by atoms with E-state index in [1.807, 2.05) is 0 Å². The number of alkyl carbamates (subject to hydrolysis) is 1. The maximum absolute atomic E-state index is 11.2. The van der Waals surface area contributed by atoms with Gasteiger partial charge < -0.3 is 9.84 Å². The number of hydrogen-bond donors (Lipinski definition) is 2. The van der Waals surface area contributed by atoms with Crippen molar-refractivity contribution in [3.8, 4) is 0 Å². The first-order valence-corrected chi connectivity index (χ1v) is 4.79. The van der Waals surface area contributed by atoms with Crippen LogP contribution >= 0.6 is 0 Å². The fraction of sp³-hybridized carbons (Fsp3) is 0.778. The van der Waals surface area contributed by atoms with E-state index in [1.165, 1.54) is 0 Å². The molecule has 0 radical (unpaired) electrons. The number of carbonyl (C=O) groups excluding carboxylic acids is 2. The lowest BCUT2D eigenvalue weighted by molar-refractivity contribution is -0.121. The number of ether oxygens (including phenoxy) is 1. The molecule has 15 heavy (non-hydrogen) atoms. The molecule has 6 heteroatoms. The zero-order valence-corrected chi connectivity index (χ0v) is 9.32. The van der Waals surface area contributed by atoms with Gasteiger partial charge in [-0.15, -0.1) is 0 Å². The Hall–Kier alpha value is -1.14. The van der Waals surface area contributed by atoms with Crippen LogP contribution in [0.25, 0.3) is 0 Å². The molecule has 2 N–H and O–H groups in total. The number of imide groups is 1. The number of aliphatic hydroxyl groups excluding tert-OH is 1. The summed E-state index contributed by atoms with van der Waals surface area (Å²) in [6.07, 6.45) is -1.25. The van der Waals surface area contributed by atoms with Crippen LogP contribution in [0.3, 0.4) is 0 Å². The molecule has 0 aliphatic heterocycles. The molecule has 0 saturated heterocycles. The Labute approximate surface area is 89.2 Å². The second-order valence-corrected chi connectivity index (χ2v) is 3.31. The van der Waals surface area contributed by atoms with Gasteiger partial charge >= 0.3 is 6.09 Å². The fourth-order valence-corrected chi connectivity index (χ4v) is 1.08. The maximum Gasteiger partial charge on any atom is 0.413 e. The van der Waals surface area contributed by atoms with Gasteiger partial charge in [0.2, 0.25) is 5.91 Å². The zero-order chi connectivity index (χ0) is 11.8. The summed E-state index contributed by atoms with van der Waals surface area (Å²) >= 11 is 0. The molecule has 88 valence electrons. The lowest BCUT2D eigenvalue weighted by Gasteiger charge is -2.17. The number of rotatable bonds is 5. The third kappa shape index (κ3) is 7.90. The van der Waals surface area contributed by atoms with Gasteiger partial charge in [0.05, 0.1) is 19.3 Å². The molecule has 1 unspecified atom stereocenters. The van der Waals surface area contributed by atoms with Crippen LogP contribution in [-0.4, -0.2) is 54.9 Å². The van der Waals surface area contributed by atoms with Crippen LogP contribution in [0, 0.1) is 0 Å². The normalized spacial score (nSPS) is 12.3. The minimum Gasteiger partial charge on any atom is -0.450 e. The van der Waals surface area contributed by atoms with Crippen molar-refractivity contribution < 1.29 is 19.4 Å². The topological polar surface area (TPSA) is 78.9 Å². The molecule has 0 aliphatic rings. The van der Waals surface area contributed by atoms with E-state index in [2.05, 4.69) is 10.1 Å². The van der Waals surface area contributed by atoms with Gasteiger partial charge in [-0.2, -0.15) is 0 Å². The number of hydrogen-bond acceptors (Lipinski definition) is 5. The molecule has 0 spiro atoms. The molecule has 0 fully saturated rings. The van der Waals surface area contributed by atoms with Crippen LogP contribution in [0.1, 0.15) is 13.8 Å². The summed E-state index contributed by atoms with van der Waals surface area (Å²) in [5.41, 5.74) is 0. The summed E-state index contributed by atoms with van der Waals surface area (Å²) in [5.74, 6) is -0.448. The molecule has 0 aromatic carbocycles. The monoisotopic (exact) mass is 218 g/mol. The number of nitrogens with zero attached hydrogens (tertiary/aromatic N) is 1. The smallest absolute Gasteiger partial charge is 0.413 e. The average Bonchev–Trinajstić information content (AvgIpc) is 2.00. The third-order valence-corrected chi connectivity index (χ3v) is 1.51. The maximum atomic E-state index is 11.2. The van der Waals surface area contributed by atoms with Gasteiger partial charge in [-0.25, -0.2) is 4.79 Å². The Morgan fingerprint density at radius 2 is 2.13 bits per heavy atom. The highest BCUT2D eigenvalue weighted by Gasteiger charge is 2.11. The van der Waals surface area contributed by atoms with Gasteiger partial charge in [-0.3, -0.25) is 15.0 Å². The number of nitrogens with one attached hydrogen (secondary N) is 1. The summed E-state index contributed by atoms with van der Waals surface area (Å²) in [5, 5.41) is 11.1. The predicted octanol–water partition coefficient (Wildman–Crippen LogP) is -0.428. The minimum absolute atomic E-state index is 0.0454. The first-order chi connectivity index (χ1) is 6.95. The summed E-state index contributed by atoms with van der Waals surface area (Å²) in [4.78, 5) is 23.6. The van der Waals surface area contributed by atoms with Gasteiger partial charge in [0, 0.05) is 6.54 Å². The van der Waals surface area contributed by atoms with Gasteiger partial charge in [0.15, 0.2) is 0 Å². The van der Waals surface area contributed by atoms with E-state index < -0.39 is 18.1 Å². The molecule has 0 rings (SSSR count). The Kier molecular flexibility index (Phi) is 6.64.